The van der Waals surface area contributed by atoms with Gasteiger partial charge in [-0.15, -0.1) is 0 Å². The van der Waals surface area contributed by atoms with Gasteiger partial charge in [-0.25, -0.2) is 0 Å². The molecule has 0 spiro atoms. The van der Waals surface area contributed by atoms with Gasteiger partial charge in [-0.05, 0) is 56.1 Å². The molecular formula is C18H30N2O. The first-order chi connectivity index (χ1) is 10.1. The number of rotatable bonds is 5. The van der Waals surface area contributed by atoms with Crippen molar-refractivity contribution in [2.45, 2.75) is 46.8 Å². The summed E-state index contributed by atoms with van der Waals surface area (Å²) in [7, 11) is 0. The predicted molar refractivity (Wildman–Crippen MR) is 88.9 cm³/mol. The van der Waals surface area contributed by atoms with Gasteiger partial charge in [0.1, 0.15) is 0 Å². The minimum absolute atomic E-state index is 0.236. The molecule has 3 nitrogen and oxygen atoms in total. The van der Waals surface area contributed by atoms with Crippen molar-refractivity contribution < 1.29 is 4.74 Å². The molecule has 2 atom stereocenters. The molecule has 1 saturated heterocycles. The molecule has 1 aliphatic heterocycles. The molecule has 21 heavy (non-hydrogen) atoms. The lowest BCUT2D eigenvalue weighted by molar-refractivity contribution is -0.0454. The van der Waals surface area contributed by atoms with E-state index in [-0.39, 0.29) is 12.1 Å². The zero-order valence-electron chi connectivity index (χ0n) is 14.2. The first kappa shape index (κ1) is 16.5. The smallest absolute Gasteiger partial charge is 0.0897 e. The van der Waals surface area contributed by atoms with Crippen molar-refractivity contribution >= 4 is 0 Å². The van der Waals surface area contributed by atoms with Crippen LogP contribution in [0.2, 0.25) is 0 Å². The highest BCUT2D eigenvalue weighted by atomic mass is 16.5. The standard InChI is InChI=1S/C18H30N2O/c1-6-19-18(17-12-20(7-2)8-9-21-17)16-11-14(4)13(3)10-15(16)5/h10-11,17-19H,6-9,12H2,1-5H3. The summed E-state index contributed by atoms with van der Waals surface area (Å²) >= 11 is 0. The Morgan fingerprint density at radius 3 is 2.57 bits per heavy atom. The Morgan fingerprint density at radius 1 is 1.19 bits per heavy atom. The van der Waals surface area contributed by atoms with Gasteiger partial charge in [-0.3, -0.25) is 4.90 Å². The largest absolute Gasteiger partial charge is 0.374 e. The van der Waals surface area contributed by atoms with Crippen molar-refractivity contribution in [2.75, 3.05) is 32.8 Å². The Morgan fingerprint density at radius 2 is 1.90 bits per heavy atom. The maximum absolute atomic E-state index is 6.10. The third kappa shape index (κ3) is 3.85. The van der Waals surface area contributed by atoms with Crippen molar-refractivity contribution in [1.82, 2.24) is 10.2 Å². The molecule has 1 fully saturated rings. The molecule has 0 amide bonds. The van der Waals surface area contributed by atoms with Gasteiger partial charge in [0.15, 0.2) is 0 Å². The molecule has 1 aromatic rings. The second-order valence-corrected chi connectivity index (χ2v) is 6.13. The Hall–Kier alpha value is -0.900. The van der Waals surface area contributed by atoms with E-state index < -0.39 is 0 Å². The molecule has 1 heterocycles. The van der Waals surface area contributed by atoms with Gasteiger partial charge in [-0.2, -0.15) is 0 Å². The molecule has 0 radical (unpaired) electrons. The molecule has 2 unspecified atom stereocenters. The number of nitrogens with zero attached hydrogens (tertiary/aromatic N) is 1. The second kappa shape index (κ2) is 7.39. The number of ether oxygens (including phenoxy) is 1. The fourth-order valence-electron chi connectivity index (χ4n) is 3.20. The molecule has 1 aliphatic rings. The lowest BCUT2D eigenvalue weighted by Crippen LogP contribution is -2.48. The molecule has 3 heteroatoms. The van der Waals surface area contributed by atoms with E-state index in [0.29, 0.717) is 0 Å². The van der Waals surface area contributed by atoms with Crippen molar-refractivity contribution in [1.29, 1.82) is 0 Å². The lowest BCUT2D eigenvalue weighted by atomic mass is 9.92. The number of hydrogen-bond donors (Lipinski definition) is 1. The summed E-state index contributed by atoms with van der Waals surface area (Å²) < 4.78 is 6.10. The fourth-order valence-corrected chi connectivity index (χ4v) is 3.20. The average molecular weight is 290 g/mol. The zero-order valence-corrected chi connectivity index (χ0v) is 14.2. The quantitative estimate of drug-likeness (QED) is 0.902. The van der Waals surface area contributed by atoms with Gasteiger partial charge >= 0.3 is 0 Å². The number of morpholine rings is 1. The number of aryl methyl sites for hydroxylation is 3. The van der Waals surface area contributed by atoms with Crippen LogP contribution in [0, 0.1) is 20.8 Å². The molecule has 2 rings (SSSR count). The van der Waals surface area contributed by atoms with Crippen LogP contribution in [-0.2, 0) is 4.74 Å². The summed E-state index contributed by atoms with van der Waals surface area (Å²) in [6, 6.07) is 4.92. The van der Waals surface area contributed by atoms with Gasteiger partial charge in [0.05, 0.1) is 18.8 Å². The van der Waals surface area contributed by atoms with Gasteiger partial charge in [0.2, 0.25) is 0 Å². The molecular weight excluding hydrogens is 260 g/mol. The summed E-state index contributed by atoms with van der Waals surface area (Å²) in [5, 5.41) is 3.65. The van der Waals surface area contributed by atoms with Crippen molar-refractivity contribution in [3.8, 4) is 0 Å². The highest BCUT2D eigenvalue weighted by Crippen LogP contribution is 2.27. The summed E-state index contributed by atoms with van der Waals surface area (Å²) in [4.78, 5) is 2.48. The van der Waals surface area contributed by atoms with E-state index in [2.05, 4.69) is 57.0 Å². The van der Waals surface area contributed by atoms with Gasteiger partial charge in [0.25, 0.3) is 0 Å². The number of benzene rings is 1. The third-order valence-electron chi connectivity index (χ3n) is 4.64. The molecule has 1 aromatic carbocycles. The van der Waals surface area contributed by atoms with Crippen molar-refractivity contribution in [2.24, 2.45) is 0 Å². The van der Waals surface area contributed by atoms with Crippen molar-refractivity contribution in [3.63, 3.8) is 0 Å². The molecule has 0 bridgehead atoms. The monoisotopic (exact) mass is 290 g/mol. The Kier molecular flexibility index (Phi) is 5.80. The maximum Gasteiger partial charge on any atom is 0.0897 e. The van der Waals surface area contributed by atoms with Crippen LogP contribution < -0.4 is 5.32 Å². The van der Waals surface area contributed by atoms with E-state index in [1.807, 2.05) is 0 Å². The molecule has 0 saturated carbocycles. The van der Waals surface area contributed by atoms with Crippen LogP contribution in [0.1, 0.15) is 42.1 Å². The summed E-state index contributed by atoms with van der Waals surface area (Å²) in [5.74, 6) is 0. The second-order valence-electron chi connectivity index (χ2n) is 6.13. The molecule has 0 aliphatic carbocycles. The normalized spacial score (nSPS) is 21.5. The zero-order chi connectivity index (χ0) is 15.4. The minimum Gasteiger partial charge on any atom is -0.374 e. The number of hydrogen-bond acceptors (Lipinski definition) is 3. The average Bonchev–Trinajstić information content (AvgIpc) is 2.49. The minimum atomic E-state index is 0.236. The summed E-state index contributed by atoms with van der Waals surface area (Å²) in [5.41, 5.74) is 5.48. The maximum atomic E-state index is 6.10. The topological polar surface area (TPSA) is 24.5 Å². The third-order valence-corrected chi connectivity index (χ3v) is 4.64. The number of nitrogens with one attached hydrogen (secondary N) is 1. The van der Waals surface area contributed by atoms with E-state index in [1.54, 1.807) is 0 Å². The van der Waals surface area contributed by atoms with E-state index in [9.17, 15) is 0 Å². The Bertz CT molecular complexity index is 473. The van der Waals surface area contributed by atoms with Crippen LogP contribution in [-0.4, -0.2) is 43.8 Å². The molecule has 1 N–H and O–H groups in total. The first-order valence-corrected chi connectivity index (χ1v) is 8.21. The Balaban J connectivity index is 2.28. The van der Waals surface area contributed by atoms with E-state index in [4.69, 9.17) is 4.74 Å². The van der Waals surface area contributed by atoms with Gasteiger partial charge in [-0.1, -0.05) is 26.0 Å². The number of likely N-dealkylation sites (N-methyl/N-ethyl adjacent to an activating group) is 2. The summed E-state index contributed by atoms with van der Waals surface area (Å²) in [6.07, 6.45) is 0.236. The van der Waals surface area contributed by atoms with Gasteiger partial charge < -0.3 is 10.1 Å². The van der Waals surface area contributed by atoms with Crippen LogP contribution in [0.25, 0.3) is 0 Å². The summed E-state index contributed by atoms with van der Waals surface area (Å²) in [6.45, 7) is 16.0. The lowest BCUT2D eigenvalue weighted by Gasteiger charge is -2.37. The van der Waals surface area contributed by atoms with Crippen LogP contribution in [0.4, 0.5) is 0 Å². The SMILES string of the molecule is CCNC(c1cc(C)c(C)cc1C)C1CN(CC)CCO1. The van der Waals surface area contributed by atoms with E-state index >= 15 is 0 Å². The van der Waals surface area contributed by atoms with Crippen LogP contribution in [0.5, 0.6) is 0 Å². The van der Waals surface area contributed by atoms with Crippen LogP contribution in [0.3, 0.4) is 0 Å². The van der Waals surface area contributed by atoms with E-state index in [0.717, 1.165) is 32.8 Å². The van der Waals surface area contributed by atoms with Crippen LogP contribution in [0.15, 0.2) is 12.1 Å². The van der Waals surface area contributed by atoms with Gasteiger partial charge in [0, 0.05) is 13.1 Å². The highest BCUT2D eigenvalue weighted by Gasteiger charge is 2.29. The predicted octanol–water partition coefficient (Wildman–Crippen LogP) is 2.98. The fraction of sp³-hybridized carbons (Fsp3) is 0.667. The first-order valence-electron chi connectivity index (χ1n) is 8.21. The van der Waals surface area contributed by atoms with E-state index in [1.165, 1.54) is 22.3 Å². The highest BCUT2D eigenvalue weighted by molar-refractivity contribution is 5.38. The van der Waals surface area contributed by atoms with Crippen molar-refractivity contribution in [3.05, 3.63) is 34.4 Å². The molecule has 118 valence electrons. The Labute approximate surface area is 129 Å². The van der Waals surface area contributed by atoms with Crippen LogP contribution >= 0.6 is 0 Å². The molecule has 0 aromatic heterocycles.